The number of amides is 2. The summed E-state index contributed by atoms with van der Waals surface area (Å²) in [4.78, 5) is 35.6. The van der Waals surface area contributed by atoms with Crippen LogP contribution < -0.4 is 20.1 Å². The highest BCUT2D eigenvalue weighted by Gasteiger charge is 2.58. The van der Waals surface area contributed by atoms with Crippen LogP contribution in [0.4, 0.5) is 17.6 Å². The maximum Gasteiger partial charge on any atom is 0.424 e. The van der Waals surface area contributed by atoms with Crippen molar-refractivity contribution in [3.05, 3.63) is 82.9 Å². The summed E-state index contributed by atoms with van der Waals surface area (Å²) < 4.78 is 70.6. The molecule has 0 bridgehead atoms. The fourth-order valence-electron chi connectivity index (χ4n) is 5.61. The van der Waals surface area contributed by atoms with Crippen LogP contribution in [-0.2, 0) is 15.8 Å². The van der Waals surface area contributed by atoms with Crippen molar-refractivity contribution in [3.8, 4) is 22.8 Å². The Morgan fingerprint density at radius 2 is 1.70 bits per heavy atom. The lowest BCUT2D eigenvalue weighted by Crippen LogP contribution is -2.52. The van der Waals surface area contributed by atoms with Crippen molar-refractivity contribution in [2.24, 2.45) is 0 Å². The van der Waals surface area contributed by atoms with E-state index in [0.29, 0.717) is 22.3 Å². The van der Waals surface area contributed by atoms with E-state index < -0.39 is 52.7 Å². The number of pyridine rings is 2. The SMILES string of the molecule is Cc1ccc2cc(C(=O)NCC(O)(c3cc4c(c(-c5ccc(F)cc5)n3)OC[C@]4(C)C(=O)NCC(C)(C)O)C(F)(F)F)cc(OC3CC3)c2n1. The summed E-state index contributed by atoms with van der Waals surface area (Å²) in [6.07, 6.45) is -3.80. The zero-order valence-corrected chi connectivity index (χ0v) is 27.7. The van der Waals surface area contributed by atoms with Gasteiger partial charge in [0.25, 0.3) is 5.91 Å². The monoisotopic (exact) mass is 696 g/mol. The Hall–Kier alpha value is -4.82. The standard InChI is InChI=1S/C36H36F4N4O6/c1-19-5-6-21-13-22(14-26(28(21)43-19)50-24-11-12-24)31(45)41-17-35(48,36(38,39)40)27-15-25-30(29(44-27)20-7-9-23(37)10-8-20)49-18-34(25,4)32(46)42-16-33(2,3)47/h5-10,13-15,24,47-48H,11-12,16-18H2,1-4H3,(H,41,45)(H,42,46)/t34-,35?/m0/s1. The molecule has 10 nitrogen and oxygen atoms in total. The Bertz CT molecular complexity index is 1980. The predicted octanol–water partition coefficient (Wildman–Crippen LogP) is 5.00. The summed E-state index contributed by atoms with van der Waals surface area (Å²) in [6.45, 7) is 4.36. The van der Waals surface area contributed by atoms with Gasteiger partial charge in [0.15, 0.2) is 0 Å². The number of hydrogen-bond acceptors (Lipinski definition) is 8. The van der Waals surface area contributed by atoms with Gasteiger partial charge in [0.2, 0.25) is 11.5 Å². The minimum absolute atomic E-state index is 0.0123. The third-order valence-electron chi connectivity index (χ3n) is 8.75. The van der Waals surface area contributed by atoms with Gasteiger partial charge in [0.05, 0.1) is 23.9 Å². The number of fused-ring (bicyclic) bond motifs is 2. The quantitative estimate of drug-likeness (QED) is 0.170. The second-order valence-corrected chi connectivity index (χ2v) is 13.7. The zero-order valence-electron chi connectivity index (χ0n) is 27.7. The maximum atomic E-state index is 15.0. The van der Waals surface area contributed by atoms with Crippen LogP contribution in [0.25, 0.3) is 22.2 Å². The molecule has 2 aromatic heterocycles. The average Bonchev–Trinajstić information content (AvgIpc) is 3.81. The molecule has 2 aliphatic rings. The molecule has 0 radical (unpaired) electrons. The topological polar surface area (TPSA) is 143 Å². The van der Waals surface area contributed by atoms with Gasteiger partial charge in [-0.3, -0.25) is 9.59 Å². The normalized spacial score (nSPS) is 18.6. The molecule has 50 heavy (non-hydrogen) atoms. The summed E-state index contributed by atoms with van der Waals surface area (Å²) in [5, 5.41) is 27.0. The number of carbonyl (C=O) groups excluding carboxylic acids is 2. The lowest BCUT2D eigenvalue weighted by atomic mass is 9.81. The minimum Gasteiger partial charge on any atom is -0.489 e. The number of alkyl halides is 3. The van der Waals surface area contributed by atoms with Gasteiger partial charge >= 0.3 is 6.18 Å². The molecule has 0 spiro atoms. The molecule has 4 aromatic rings. The van der Waals surface area contributed by atoms with Crippen molar-refractivity contribution < 1.29 is 46.8 Å². The third kappa shape index (κ3) is 6.81. The van der Waals surface area contributed by atoms with Crippen LogP contribution in [0.5, 0.6) is 11.5 Å². The molecule has 264 valence electrons. The average molecular weight is 697 g/mol. The van der Waals surface area contributed by atoms with E-state index in [-0.39, 0.29) is 47.4 Å². The van der Waals surface area contributed by atoms with Gasteiger partial charge < -0.3 is 30.3 Å². The van der Waals surface area contributed by atoms with Crippen molar-refractivity contribution in [3.63, 3.8) is 0 Å². The van der Waals surface area contributed by atoms with Gasteiger partial charge in [-0.2, -0.15) is 13.2 Å². The number of carbonyl (C=O) groups is 2. The first-order valence-corrected chi connectivity index (χ1v) is 16.0. The molecule has 2 amide bonds. The van der Waals surface area contributed by atoms with Gasteiger partial charge in [-0.1, -0.05) is 6.07 Å². The van der Waals surface area contributed by atoms with Crippen molar-refractivity contribution in [2.75, 3.05) is 19.7 Å². The number of nitrogens with zero attached hydrogens (tertiary/aromatic N) is 2. The zero-order chi connectivity index (χ0) is 36.2. The van der Waals surface area contributed by atoms with Crippen LogP contribution in [-0.4, -0.2) is 69.6 Å². The molecule has 4 N–H and O–H groups in total. The molecule has 14 heteroatoms. The largest absolute Gasteiger partial charge is 0.489 e. The number of nitrogens with one attached hydrogen (secondary N) is 2. The van der Waals surface area contributed by atoms with Crippen LogP contribution in [0.2, 0.25) is 0 Å². The summed E-state index contributed by atoms with van der Waals surface area (Å²) >= 11 is 0. The van der Waals surface area contributed by atoms with Crippen LogP contribution in [0.15, 0.2) is 54.6 Å². The first kappa shape index (κ1) is 35.0. The summed E-state index contributed by atoms with van der Waals surface area (Å²) in [7, 11) is 0. The number of aromatic nitrogens is 2. The molecule has 1 fully saturated rings. The predicted molar refractivity (Wildman–Crippen MR) is 174 cm³/mol. The van der Waals surface area contributed by atoms with E-state index in [2.05, 4.69) is 20.6 Å². The molecular weight excluding hydrogens is 660 g/mol. The second kappa shape index (κ2) is 12.5. The number of rotatable bonds is 10. The molecule has 1 aliphatic carbocycles. The number of benzene rings is 2. The van der Waals surface area contributed by atoms with Crippen molar-refractivity contribution in [2.45, 2.75) is 69.4 Å². The van der Waals surface area contributed by atoms with Gasteiger partial charge in [-0.25, -0.2) is 14.4 Å². The summed E-state index contributed by atoms with van der Waals surface area (Å²) in [5.74, 6) is -1.91. The van der Waals surface area contributed by atoms with E-state index in [1.54, 1.807) is 19.1 Å². The number of halogens is 4. The first-order valence-electron chi connectivity index (χ1n) is 16.0. The number of ether oxygens (including phenoxy) is 2. The maximum absolute atomic E-state index is 15.0. The smallest absolute Gasteiger partial charge is 0.424 e. The van der Waals surface area contributed by atoms with Crippen LogP contribution in [0.1, 0.15) is 60.9 Å². The van der Waals surface area contributed by atoms with Gasteiger partial charge in [0.1, 0.15) is 40.5 Å². The Kier molecular flexibility index (Phi) is 8.76. The molecule has 2 aromatic carbocycles. The van der Waals surface area contributed by atoms with E-state index in [9.17, 15) is 37.4 Å². The van der Waals surface area contributed by atoms with E-state index in [1.807, 2.05) is 0 Å². The fraction of sp³-hybridized carbons (Fsp3) is 0.389. The fourth-order valence-corrected chi connectivity index (χ4v) is 5.61. The molecule has 1 unspecified atom stereocenters. The van der Waals surface area contributed by atoms with E-state index in [1.165, 1.54) is 45.0 Å². The Balaban J connectivity index is 1.40. The van der Waals surface area contributed by atoms with Gasteiger partial charge in [-0.15, -0.1) is 0 Å². The van der Waals surface area contributed by atoms with Crippen molar-refractivity contribution >= 4 is 22.7 Å². The van der Waals surface area contributed by atoms with E-state index in [4.69, 9.17) is 9.47 Å². The third-order valence-corrected chi connectivity index (χ3v) is 8.75. The second-order valence-electron chi connectivity index (χ2n) is 13.7. The highest BCUT2D eigenvalue weighted by Crippen LogP contribution is 2.48. The lowest BCUT2D eigenvalue weighted by molar-refractivity contribution is -0.265. The first-order chi connectivity index (χ1) is 23.4. The Labute approximate surface area is 284 Å². The van der Waals surface area contributed by atoms with Crippen LogP contribution >= 0.6 is 0 Å². The number of aryl methyl sites for hydroxylation is 1. The number of aliphatic hydroxyl groups is 2. The van der Waals surface area contributed by atoms with Crippen LogP contribution in [0, 0.1) is 12.7 Å². The molecule has 6 rings (SSSR count). The molecule has 2 atom stereocenters. The highest BCUT2D eigenvalue weighted by molar-refractivity contribution is 6.00. The van der Waals surface area contributed by atoms with Crippen LogP contribution in [0.3, 0.4) is 0 Å². The minimum atomic E-state index is -5.38. The number of hydrogen-bond donors (Lipinski definition) is 4. The van der Waals surface area contributed by atoms with E-state index >= 15 is 0 Å². The Morgan fingerprint density at radius 3 is 2.34 bits per heavy atom. The van der Waals surface area contributed by atoms with Crippen molar-refractivity contribution in [1.82, 2.24) is 20.6 Å². The van der Waals surface area contributed by atoms with E-state index in [0.717, 1.165) is 31.0 Å². The van der Waals surface area contributed by atoms with Crippen molar-refractivity contribution in [1.29, 1.82) is 0 Å². The molecule has 1 aliphatic heterocycles. The lowest BCUT2D eigenvalue weighted by Gasteiger charge is -2.32. The molecule has 1 saturated carbocycles. The summed E-state index contributed by atoms with van der Waals surface area (Å²) in [5.41, 5.74) is -6.41. The van der Waals surface area contributed by atoms with Gasteiger partial charge in [0, 0.05) is 34.3 Å². The Morgan fingerprint density at radius 1 is 1.00 bits per heavy atom. The summed E-state index contributed by atoms with van der Waals surface area (Å²) in [6, 6.07) is 12.0. The molecule has 3 heterocycles. The van der Waals surface area contributed by atoms with Gasteiger partial charge in [-0.05, 0) is 89.1 Å². The molecular formula is C36H36F4N4O6. The highest BCUT2D eigenvalue weighted by atomic mass is 19.4. The molecule has 0 saturated heterocycles.